The third-order valence-corrected chi connectivity index (χ3v) is 4.76. The van der Waals surface area contributed by atoms with Gasteiger partial charge in [-0.2, -0.15) is 0 Å². The van der Waals surface area contributed by atoms with Gasteiger partial charge in [0.2, 0.25) is 0 Å². The molecular formula is C23H24N2O5. The molecule has 0 spiro atoms. The zero-order valence-electron chi connectivity index (χ0n) is 17.4. The van der Waals surface area contributed by atoms with Crippen LogP contribution in [0.4, 0.5) is 5.69 Å². The van der Waals surface area contributed by atoms with Gasteiger partial charge < -0.3 is 18.9 Å². The summed E-state index contributed by atoms with van der Waals surface area (Å²) in [6, 6.07) is 15.7. The highest BCUT2D eigenvalue weighted by Gasteiger charge is 2.23. The zero-order chi connectivity index (χ0) is 21.7. The Hall–Kier alpha value is -3.61. The molecule has 0 aliphatic carbocycles. The molecule has 0 saturated heterocycles. The highest BCUT2D eigenvalue weighted by molar-refractivity contribution is 5.98. The van der Waals surface area contributed by atoms with E-state index in [0.29, 0.717) is 23.7 Å². The molecule has 0 aliphatic rings. The molecule has 156 valence electrons. The Bertz CT molecular complexity index is 992. The third kappa shape index (κ3) is 4.86. The highest BCUT2D eigenvalue weighted by atomic mass is 16.5. The van der Waals surface area contributed by atoms with Crippen LogP contribution in [-0.4, -0.2) is 30.2 Å². The number of nitrogens with zero attached hydrogens (tertiary/aromatic N) is 2. The minimum absolute atomic E-state index is 0.311. The minimum Gasteiger partial charge on any atom is -0.489 e. The molecule has 0 unspecified atom stereocenters. The van der Waals surface area contributed by atoms with Crippen molar-refractivity contribution >= 4 is 17.6 Å². The number of benzene rings is 2. The number of hydrogen-bond acceptors (Lipinski definition) is 6. The molecule has 1 aromatic heterocycles. The number of aromatic nitrogens is 1. The summed E-state index contributed by atoms with van der Waals surface area (Å²) in [6.45, 7) is 5.56. The van der Waals surface area contributed by atoms with Crippen molar-refractivity contribution < 1.29 is 23.6 Å². The molecule has 0 N–H and O–H groups in total. The van der Waals surface area contributed by atoms with E-state index in [1.54, 1.807) is 38.2 Å². The third-order valence-electron chi connectivity index (χ3n) is 4.76. The van der Waals surface area contributed by atoms with Gasteiger partial charge in [-0.3, -0.25) is 4.79 Å². The molecule has 1 atom stereocenters. The molecular weight excluding hydrogens is 384 g/mol. The van der Waals surface area contributed by atoms with Gasteiger partial charge in [0, 0.05) is 12.7 Å². The van der Waals surface area contributed by atoms with Crippen molar-refractivity contribution in [3.63, 3.8) is 0 Å². The quantitative estimate of drug-likeness (QED) is 0.548. The van der Waals surface area contributed by atoms with Crippen molar-refractivity contribution in [1.82, 2.24) is 5.16 Å². The Balaban J connectivity index is 1.57. The van der Waals surface area contributed by atoms with Crippen LogP contribution < -0.4 is 9.64 Å². The van der Waals surface area contributed by atoms with Crippen LogP contribution in [0.15, 0.2) is 59.1 Å². The Labute approximate surface area is 175 Å². The summed E-state index contributed by atoms with van der Waals surface area (Å²) in [4.78, 5) is 26.4. The number of likely N-dealkylation sites (N-methyl/N-ethyl adjacent to an activating group) is 1. The average Bonchev–Trinajstić information content (AvgIpc) is 3.09. The molecule has 0 bridgehead atoms. The Kier molecular flexibility index (Phi) is 6.51. The van der Waals surface area contributed by atoms with Gasteiger partial charge in [-0.25, -0.2) is 4.79 Å². The van der Waals surface area contributed by atoms with Crippen LogP contribution in [0.1, 0.15) is 34.3 Å². The molecule has 0 saturated carbocycles. The number of anilines is 1. The van der Waals surface area contributed by atoms with Crippen molar-refractivity contribution in [1.29, 1.82) is 0 Å². The first-order chi connectivity index (χ1) is 14.4. The zero-order valence-corrected chi connectivity index (χ0v) is 17.4. The van der Waals surface area contributed by atoms with Crippen LogP contribution in [0.5, 0.6) is 5.75 Å². The van der Waals surface area contributed by atoms with Crippen LogP contribution >= 0.6 is 0 Å². The molecule has 1 amide bonds. The van der Waals surface area contributed by atoms with Gasteiger partial charge in [0.1, 0.15) is 18.1 Å². The van der Waals surface area contributed by atoms with E-state index in [1.165, 1.54) is 4.90 Å². The smallest absolute Gasteiger partial charge is 0.338 e. The number of hydrogen-bond donors (Lipinski definition) is 0. The molecule has 0 radical (unpaired) electrons. The SMILES string of the molecule is Cc1noc(C)c1COc1ccc(C(=O)O[C@@H](C)C(=O)N(C)c2ccccc2)cc1. The molecule has 3 rings (SSSR count). The van der Waals surface area contributed by atoms with Crippen LogP contribution in [0, 0.1) is 13.8 Å². The lowest BCUT2D eigenvalue weighted by atomic mass is 10.2. The van der Waals surface area contributed by atoms with E-state index in [1.807, 2.05) is 44.2 Å². The summed E-state index contributed by atoms with van der Waals surface area (Å²) in [5.41, 5.74) is 2.74. The van der Waals surface area contributed by atoms with Crippen molar-refractivity contribution in [2.24, 2.45) is 0 Å². The van der Waals surface area contributed by atoms with Gasteiger partial charge >= 0.3 is 5.97 Å². The maximum absolute atomic E-state index is 12.5. The Morgan fingerprint density at radius 2 is 1.73 bits per heavy atom. The Morgan fingerprint density at radius 1 is 1.07 bits per heavy atom. The molecule has 2 aromatic carbocycles. The summed E-state index contributed by atoms with van der Waals surface area (Å²) in [6.07, 6.45) is -0.918. The number of aryl methyl sites for hydroxylation is 2. The predicted molar refractivity (Wildman–Crippen MR) is 111 cm³/mol. The fourth-order valence-corrected chi connectivity index (χ4v) is 2.88. The number of ether oxygens (including phenoxy) is 2. The van der Waals surface area contributed by atoms with Gasteiger partial charge in [0.05, 0.1) is 16.8 Å². The number of carbonyl (C=O) groups is 2. The monoisotopic (exact) mass is 408 g/mol. The maximum atomic E-state index is 12.5. The number of carbonyl (C=O) groups excluding carboxylic acids is 2. The molecule has 0 aliphatic heterocycles. The topological polar surface area (TPSA) is 81.9 Å². The number of para-hydroxylation sites is 1. The number of esters is 1. The summed E-state index contributed by atoms with van der Waals surface area (Å²) in [7, 11) is 1.65. The maximum Gasteiger partial charge on any atom is 0.338 e. The largest absolute Gasteiger partial charge is 0.489 e. The average molecular weight is 408 g/mol. The molecule has 1 heterocycles. The van der Waals surface area contributed by atoms with Crippen molar-refractivity contribution in [2.45, 2.75) is 33.5 Å². The van der Waals surface area contributed by atoms with Crippen LogP contribution in [0.2, 0.25) is 0 Å². The summed E-state index contributed by atoms with van der Waals surface area (Å²) < 4.78 is 16.2. The normalized spacial score (nSPS) is 11.6. The summed E-state index contributed by atoms with van der Waals surface area (Å²) in [5, 5.41) is 3.89. The summed E-state index contributed by atoms with van der Waals surface area (Å²) in [5.74, 6) is 0.426. The van der Waals surface area contributed by atoms with E-state index < -0.39 is 12.1 Å². The van der Waals surface area contributed by atoms with Crippen LogP contribution in [-0.2, 0) is 16.1 Å². The summed E-state index contributed by atoms with van der Waals surface area (Å²) >= 11 is 0. The molecule has 30 heavy (non-hydrogen) atoms. The second kappa shape index (κ2) is 9.26. The van der Waals surface area contributed by atoms with Gasteiger partial charge in [-0.05, 0) is 57.2 Å². The first-order valence-electron chi connectivity index (χ1n) is 9.55. The number of rotatable bonds is 7. The molecule has 7 nitrogen and oxygen atoms in total. The fraction of sp³-hybridized carbons (Fsp3) is 0.261. The second-order valence-electron chi connectivity index (χ2n) is 6.90. The lowest BCUT2D eigenvalue weighted by Gasteiger charge is -2.21. The predicted octanol–water partition coefficient (Wildman–Crippen LogP) is 4.08. The van der Waals surface area contributed by atoms with Crippen molar-refractivity contribution in [3.05, 3.63) is 77.2 Å². The first-order valence-corrected chi connectivity index (χ1v) is 9.55. The van der Waals surface area contributed by atoms with E-state index in [-0.39, 0.29) is 5.91 Å². The standard InChI is InChI=1S/C23H24N2O5/c1-15-21(16(2)30-24-15)14-28-20-12-10-18(11-13-20)23(27)29-17(3)22(26)25(4)19-8-6-5-7-9-19/h5-13,17H,14H2,1-4H3/t17-/m0/s1. The van der Waals surface area contributed by atoms with Gasteiger partial charge in [0.15, 0.2) is 6.10 Å². The van der Waals surface area contributed by atoms with Gasteiger partial charge in [0.25, 0.3) is 5.91 Å². The lowest BCUT2D eigenvalue weighted by Crippen LogP contribution is -2.37. The van der Waals surface area contributed by atoms with E-state index >= 15 is 0 Å². The van der Waals surface area contributed by atoms with Crippen LogP contribution in [0.3, 0.4) is 0 Å². The molecule has 7 heteroatoms. The van der Waals surface area contributed by atoms with E-state index in [4.69, 9.17) is 14.0 Å². The fourth-order valence-electron chi connectivity index (χ4n) is 2.88. The van der Waals surface area contributed by atoms with Crippen LogP contribution in [0.25, 0.3) is 0 Å². The first kappa shape index (κ1) is 21.1. The van der Waals surface area contributed by atoms with Gasteiger partial charge in [-0.1, -0.05) is 23.4 Å². The second-order valence-corrected chi connectivity index (χ2v) is 6.90. The Morgan fingerprint density at radius 3 is 2.33 bits per heavy atom. The van der Waals surface area contributed by atoms with E-state index in [2.05, 4.69) is 5.16 Å². The van der Waals surface area contributed by atoms with Gasteiger partial charge in [-0.15, -0.1) is 0 Å². The number of amides is 1. The van der Waals surface area contributed by atoms with Crippen molar-refractivity contribution in [3.8, 4) is 5.75 Å². The molecule has 3 aromatic rings. The minimum atomic E-state index is -0.918. The van der Waals surface area contributed by atoms with Crippen molar-refractivity contribution in [2.75, 3.05) is 11.9 Å². The van der Waals surface area contributed by atoms with E-state index in [9.17, 15) is 9.59 Å². The van der Waals surface area contributed by atoms with E-state index in [0.717, 1.165) is 16.9 Å². The lowest BCUT2D eigenvalue weighted by molar-refractivity contribution is -0.126. The molecule has 0 fully saturated rings. The highest BCUT2D eigenvalue weighted by Crippen LogP contribution is 2.19.